The van der Waals surface area contributed by atoms with Gasteiger partial charge in [0.2, 0.25) is 5.91 Å². The van der Waals surface area contributed by atoms with E-state index in [-0.39, 0.29) is 12.0 Å². The number of aromatic nitrogens is 2. The average Bonchev–Trinajstić information content (AvgIpc) is 2.91. The molecule has 106 valence electrons. The first-order valence-electron chi connectivity index (χ1n) is 6.09. The molecule has 0 radical (unpaired) electrons. The van der Waals surface area contributed by atoms with Crippen molar-refractivity contribution in [2.45, 2.75) is 24.3 Å². The molecule has 1 aromatic carbocycles. The molecule has 0 fully saturated rings. The maximum absolute atomic E-state index is 11.8. The van der Waals surface area contributed by atoms with Gasteiger partial charge in [-0.05, 0) is 38.1 Å². The number of amides is 1. The Labute approximate surface area is 125 Å². The van der Waals surface area contributed by atoms with Crippen molar-refractivity contribution in [2.75, 3.05) is 11.1 Å². The normalized spacial score (nSPS) is 10.6. The molecule has 1 aromatic heterocycles. The zero-order chi connectivity index (χ0) is 14.4. The van der Waals surface area contributed by atoms with Gasteiger partial charge in [0.15, 0.2) is 4.34 Å². The van der Waals surface area contributed by atoms with E-state index in [0.29, 0.717) is 5.75 Å². The smallest absolute Gasteiger partial charge is 0.234 e. The zero-order valence-electron chi connectivity index (χ0n) is 11.2. The quantitative estimate of drug-likeness (QED) is 0.831. The molecule has 1 amide bonds. The van der Waals surface area contributed by atoms with Crippen LogP contribution in [0.5, 0.6) is 5.75 Å². The molecular weight excluding hydrogens is 294 g/mol. The molecule has 0 saturated carbocycles. The summed E-state index contributed by atoms with van der Waals surface area (Å²) in [4.78, 5) is 11.8. The Hall–Kier alpha value is -1.60. The van der Waals surface area contributed by atoms with E-state index in [1.54, 1.807) is 5.51 Å². The van der Waals surface area contributed by atoms with E-state index in [1.165, 1.54) is 23.1 Å². The van der Waals surface area contributed by atoms with Gasteiger partial charge < -0.3 is 10.1 Å². The van der Waals surface area contributed by atoms with Crippen LogP contribution in [0.2, 0.25) is 0 Å². The van der Waals surface area contributed by atoms with Crippen LogP contribution in [0.25, 0.3) is 0 Å². The molecule has 5 nitrogen and oxygen atoms in total. The lowest BCUT2D eigenvalue weighted by atomic mass is 10.3. The van der Waals surface area contributed by atoms with Crippen LogP contribution >= 0.6 is 23.1 Å². The summed E-state index contributed by atoms with van der Waals surface area (Å²) in [6, 6.07) is 7.33. The number of ether oxygens (including phenoxy) is 1. The van der Waals surface area contributed by atoms with Crippen LogP contribution in [-0.4, -0.2) is 28.0 Å². The van der Waals surface area contributed by atoms with Crippen molar-refractivity contribution in [3.05, 3.63) is 29.8 Å². The number of anilines is 1. The lowest BCUT2D eigenvalue weighted by Gasteiger charge is -2.10. The minimum Gasteiger partial charge on any atom is -0.491 e. The second-order valence-electron chi connectivity index (χ2n) is 4.23. The van der Waals surface area contributed by atoms with Crippen molar-refractivity contribution >= 4 is 34.7 Å². The molecule has 20 heavy (non-hydrogen) atoms. The van der Waals surface area contributed by atoms with Crippen molar-refractivity contribution in [3.8, 4) is 5.75 Å². The SMILES string of the molecule is CC(C)Oc1ccc(NC(=O)CSc2nncs2)cc1. The second-order valence-corrected chi connectivity index (χ2v) is 6.29. The number of carbonyl (C=O) groups is 1. The summed E-state index contributed by atoms with van der Waals surface area (Å²) in [5, 5.41) is 10.4. The number of benzene rings is 1. The molecule has 1 N–H and O–H groups in total. The van der Waals surface area contributed by atoms with Crippen molar-refractivity contribution < 1.29 is 9.53 Å². The molecule has 0 unspecified atom stereocenters. The Bertz CT molecular complexity index is 541. The number of hydrogen-bond acceptors (Lipinski definition) is 6. The van der Waals surface area contributed by atoms with Crippen molar-refractivity contribution in [1.82, 2.24) is 10.2 Å². The number of rotatable bonds is 6. The van der Waals surface area contributed by atoms with E-state index in [1.807, 2.05) is 38.1 Å². The largest absolute Gasteiger partial charge is 0.491 e. The van der Waals surface area contributed by atoms with Gasteiger partial charge in [0.25, 0.3) is 0 Å². The molecule has 0 spiro atoms. The van der Waals surface area contributed by atoms with Gasteiger partial charge in [0, 0.05) is 5.69 Å². The molecular formula is C13H15N3O2S2. The number of nitrogens with zero attached hydrogens (tertiary/aromatic N) is 2. The van der Waals surface area contributed by atoms with E-state index in [9.17, 15) is 4.79 Å². The third-order valence-corrected chi connectivity index (χ3v) is 4.04. The molecule has 0 bridgehead atoms. The van der Waals surface area contributed by atoms with Crippen LogP contribution in [-0.2, 0) is 4.79 Å². The maximum atomic E-state index is 11.8. The van der Waals surface area contributed by atoms with Gasteiger partial charge >= 0.3 is 0 Å². The molecule has 7 heteroatoms. The van der Waals surface area contributed by atoms with Crippen molar-refractivity contribution in [2.24, 2.45) is 0 Å². The Kier molecular flexibility index (Phi) is 5.37. The lowest BCUT2D eigenvalue weighted by molar-refractivity contribution is -0.113. The average molecular weight is 309 g/mol. The van der Waals surface area contributed by atoms with E-state index in [2.05, 4.69) is 15.5 Å². The molecule has 1 heterocycles. The van der Waals surface area contributed by atoms with E-state index < -0.39 is 0 Å². The van der Waals surface area contributed by atoms with Gasteiger partial charge in [-0.15, -0.1) is 10.2 Å². The van der Waals surface area contributed by atoms with E-state index >= 15 is 0 Å². The van der Waals surface area contributed by atoms with Crippen molar-refractivity contribution in [1.29, 1.82) is 0 Å². The molecule has 0 atom stereocenters. The van der Waals surface area contributed by atoms with Crippen LogP contribution in [0, 0.1) is 0 Å². The molecule has 0 aliphatic rings. The molecule has 0 saturated heterocycles. The Morgan fingerprint density at radius 3 is 2.75 bits per heavy atom. The summed E-state index contributed by atoms with van der Waals surface area (Å²) in [7, 11) is 0. The fourth-order valence-electron chi connectivity index (χ4n) is 1.44. The van der Waals surface area contributed by atoms with Crippen LogP contribution in [0.15, 0.2) is 34.1 Å². The zero-order valence-corrected chi connectivity index (χ0v) is 12.8. The number of nitrogens with one attached hydrogen (secondary N) is 1. The minimum atomic E-state index is -0.0669. The highest BCUT2D eigenvalue weighted by atomic mass is 32.2. The molecule has 2 aromatic rings. The predicted molar refractivity (Wildman–Crippen MR) is 81.5 cm³/mol. The highest BCUT2D eigenvalue weighted by molar-refractivity contribution is 8.01. The number of carbonyl (C=O) groups excluding carboxylic acids is 1. The van der Waals surface area contributed by atoms with Gasteiger partial charge in [-0.1, -0.05) is 23.1 Å². The van der Waals surface area contributed by atoms with Gasteiger partial charge in [0.1, 0.15) is 11.3 Å². The van der Waals surface area contributed by atoms with Crippen LogP contribution in [0.4, 0.5) is 5.69 Å². The van der Waals surface area contributed by atoms with Gasteiger partial charge in [-0.25, -0.2) is 0 Å². The highest BCUT2D eigenvalue weighted by Crippen LogP contribution is 2.20. The van der Waals surface area contributed by atoms with Gasteiger partial charge in [0.05, 0.1) is 11.9 Å². The van der Waals surface area contributed by atoms with Crippen molar-refractivity contribution in [3.63, 3.8) is 0 Å². The fourth-order valence-corrected chi connectivity index (χ4v) is 2.73. The third kappa shape index (κ3) is 4.82. The molecule has 2 rings (SSSR count). The number of hydrogen-bond donors (Lipinski definition) is 1. The van der Waals surface area contributed by atoms with Gasteiger partial charge in [-0.2, -0.15) is 0 Å². The minimum absolute atomic E-state index is 0.0669. The Morgan fingerprint density at radius 1 is 1.40 bits per heavy atom. The summed E-state index contributed by atoms with van der Waals surface area (Å²) in [5.74, 6) is 1.04. The monoisotopic (exact) mass is 309 g/mol. The maximum Gasteiger partial charge on any atom is 0.234 e. The first-order valence-corrected chi connectivity index (χ1v) is 7.95. The fraction of sp³-hybridized carbons (Fsp3) is 0.308. The van der Waals surface area contributed by atoms with Crippen LogP contribution < -0.4 is 10.1 Å². The molecule has 0 aliphatic heterocycles. The summed E-state index contributed by atoms with van der Waals surface area (Å²) in [5.41, 5.74) is 2.40. The van der Waals surface area contributed by atoms with E-state index in [0.717, 1.165) is 15.8 Å². The summed E-state index contributed by atoms with van der Waals surface area (Å²) in [6.07, 6.45) is 0.138. The second kappa shape index (κ2) is 7.25. The predicted octanol–water partition coefficient (Wildman–Crippen LogP) is 3.06. The first kappa shape index (κ1) is 14.8. The summed E-state index contributed by atoms with van der Waals surface area (Å²) < 4.78 is 6.33. The number of thioether (sulfide) groups is 1. The standard InChI is InChI=1S/C13H15N3O2S2/c1-9(2)18-11-5-3-10(4-6-11)15-12(17)7-19-13-16-14-8-20-13/h3-6,8-9H,7H2,1-2H3,(H,15,17). The van der Waals surface area contributed by atoms with Crippen LogP contribution in [0.1, 0.15) is 13.8 Å². The summed E-state index contributed by atoms with van der Waals surface area (Å²) >= 11 is 2.80. The lowest BCUT2D eigenvalue weighted by Crippen LogP contribution is -2.14. The van der Waals surface area contributed by atoms with Gasteiger partial charge in [-0.3, -0.25) is 4.79 Å². The molecule has 0 aliphatic carbocycles. The Morgan fingerprint density at radius 2 is 2.15 bits per heavy atom. The van der Waals surface area contributed by atoms with E-state index in [4.69, 9.17) is 4.74 Å². The highest BCUT2D eigenvalue weighted by Gasteiger charge is 2.06. The topological polar surface area (TPSA) is 64.1 Å². The van der Waals surface area contributed by atoms with Crippen LogP contribution in [0.3, 0.4) is 0 Å². The third-order valence-electron chi connectivity index (χ3n) is 2.18. The Balaban J connectivity index is 1.81. The first-order chi connectivity index (χ1) is 9.63. The summed E-state index contributed by atoms with van der Waals surface area (Å²) in [6.45, 7) is 3.95.